The van der Waals surface area contributed by atoms with Gasteiger partial charge in [-0.25, -0.2) is 0 Å². The molecule has 1 aromatic carbocycles. The number of carbonyl (C=O) groups is 1. The quantitative estimate of drug-likeness (QED) is 0.820. The molecule has 1 amide bonds. The van der Waals surface area contributed by atoms with E-state index in [-0.39, 0.29) is 5.91 Å². The topological polar surface area (TPSA) is 47.6 Å². The summed E-state index contributed by atoms with van der Waals surface area (Å²) >= 11 is 3.38. The summed E-state index contributed by atoms with van der Waals surface area (Å²) in [6.45, 7) is 2.67. The Kier molecular flexibility index (Phi) is 5.98. The summed E-state index contributed by atoms with van der Waals surface area (Å²) in [5, 5.41) is 3.72. The van der Waals surface area contributed by atoms with Crippen LogP contribution in [-0.2, 0) is 0 Å². The van der Waals surface area contributed by atoms with Crippen molar-refractivity contribution in [2.24, 2.45) is 5.92 Å². The minimum Gasteiger partial charge on any atom is -0.497 e. The van der Waals surface area contributed by atoms with Crippen molar-refractivity contribution in [1.29, 1.82) is 0 Å². The lowest BCUT2D eigenvalue weighted by atomic mass is 10.1. The van der Waals surface area contributed by atoms with Crippen molar-refractivity contribution >= 4 is 21.8 Å². The molecule has 0 radical (unpaired) electrons. The van der Waals surface area contributed by atoms with Crippen LogP contribution >= 0.6 is 15.9 Å². The fourth-order valence-corrected chi connectivity index (χ4v) is 1.64. The fourth-order valence-electron chi connectivity index (χ4n) is 1.41. The van der Waals surface area contributed by atoms with E-state index in [9.17, 15) is 4.79 Å². The van der Waals surface area contributed by atoms with E-state index < -0.39 is 0 Å². The molecular weight excluding hydrogens is 298 g/mol. The Balaban J connectivity index is 2.82. The number of carbonyl (C=O) groups excluding carboxylic acids is 1. The summed E-state index contributed by atoms with van der Waals surface area (Å²) in [7, 11) is 3.11. The highest BCUT2D eigenvalue weighted by Crippen LogP contribution is 2.23. The van der Waals surface area contributed by atoms with Gasteiger partial charge in [0.05, 0.1) is 19.8 Å². The van der Waals surface area contributed by atoms with Gasteiger partial charge in [-0.1, -0.05) is 22.9 Å². The van der Waals surface area contributed by atoms with Crippen LogP contribution in [0.2, 0.25) is 0 Å². The minimum atomic E-state index is -0.154. The van der Waals surface area contributed by atoms with E-state index in [4.69, 9.17) is 9.47 Å². The Labute approximate surface area is 116 Å². The lowest BCUT2D eigenvalue weighted by molar-refractivity contribution is 0.0946. The Morgan fingerprint density at radius 3 is 2.67 bits per heavy atom. The first-order valence-electron chi connectivity index (χ1n) is 5.68. The highest BCUT2D eigenvalue weighted by Gasteiger charge is 2.14. The second-order valence-electron chi connectivity index (χ2n) is 4.04. The molecule has 100 valence electrons. The lowest BCUT2D eigenvalue weighted by Gasteiger charge is -2.12. The maximum absolute atomic E-state index is 12.1. The molecule has 0 bridgehead atoms. The van der Waals surface area contributed by atoms with E-state index in [1.165, 1.54) is 0 Å². The third-order valence-corrected chi connectivity index (χ3v) is 3.63. The van der Waals surface area contributed by atoms with Crippen LogP contribution in [0, 0.1) is 5.92 Å². The fraction of sp³-hybridized carbons (Fsp3) is 0.462. The van der Waals surface area contributed by atoms with E-state index in [0.717, 1.165) is 5.33 Å². The van der Waals surface area contributed by atoms with Gasteiger partial charge in [-0.3, -0.25) is 4.79 Å². The van der Waals surface area contributed by atoms with Crippen LogP contribution in [0.4, 0.5) is 0 Å². The lowest BCUT2D eigenvalue weighted by Crippen LogP contribution is -2.29. The Morgan fingerprint density at radius 2 is 2.11 bits per heavy atom. The number of hydrogen-bond acceptors (Lipinski definition) is 3. The molecule has 0 saturated heterocycles. The monoisotopic (exact) mass is 315 g/mol. The Hall–Kier alpha value is -1.23. The molecule has 1 aromatic rings. The molecule has 0 aromatic heterocycles. The number of nitrogens with one attached hydrogen (secondary N) is 1. The molecule has 0 fully saturated rings. The number of halogens is 1. The standard InChI is InChI=1S/C13H18BrNO3/c1-9(7-14)8-15-13(16)11-6-10(17-2)4-5-12(11)18-3/h4-6,9H,7-8H2,1-3H3,(H,15,16). The van der Waals surface area contributed by atoms with Gasteiger partial charge in [0.25, 0.3) is 5.91 Å². The van der Waals surface area contributed by atoms with Gasteiger partial charge in [0.2, 0.25) is 0 Å². The number of rotatable bonds is 6. The molecule has 0 saturated carbocycles. The van der Waals surface area contributed by atoms with Gasteiger partial charge in [-0.2, -0.15) is 0 Å². The number of methoxy groups -OCH3 is 2. The highest BCUT2D eigenvalue weighted by atomic mass is 79.9. The van der Waals surface area contributed by atoms with Crippen LogP contribution in [0.5, 0.6) is 11.5 Å². The van der Waals surface area contributed by atoms with E-state index in [1.54, 1.807) is 32.4 Å². The van der Waals surface area contributed by atoms with E-state index >= 15 is 0 Å². The SMILES string of the molecule is COc1ccc(OC)c(C(=O)NCC(C)CBr)c1. The summed E-state index contributed by atoms with van der Waals surface area (Å²) in [4.78, 5) is 12.1. The number of amides is 1. The van der Waals surface area contributed by atoms with Gasteiger partial charge in [-0.05, 0) is 24.1 Å². The molecular formula is C13H18BrNO3. The molecule has 1 rings (SSSR count). The highest BCUT2D eigenvalue weighted by molar-refractivity contribution is 9.09. The maximum atomic E-state index is 12.1. The molecule has 0 aliphatic heterocycles. The summed E-state index contributed by atoms with van der Waals surface area (Å²) in [5.74, 6) is 1.40. The molecule has 1 N–H and O–H groups in total. The molecule has 1 atom stereocenters. The first kappa shape index (κ1) is 14.8. The van der Waals surface area contributed by atoms with Crippen LogP contribution in [0.25, 0.3) is 0 Å². The molecule has 0 aliphatic rings. The van der Waals surface area contributed by atoms with Crippen molar-refractivity contribution in [3.63, 3.8) is 0 Å². The van der Waals surface area contributed by atoms with Crippen LogP contribution in [0.15, 0.2) is 18.2 Å². The second kappa shape index (κ2) is 7.26. The third-order valence-electron chi connectivity index (χ3n) is 2.53. The zero-order valence-corrected chi connectivity index (χ0v) is 12.4. The first-order valence-corrected chi connectivity index (χ1v) is 6.80. The van der Waals surface area contributed by atoms with Gasteiger partial charge in [0.1, 0.15) is 11.5 Å². The van der Waals surface area contributed by atoms with Gasteiger partial charge < -0.3 is 14.8 Å². The molecule has 5 heteroatoms. The molecule has 0 spiro atoms. The third kappa shape index (κ3) is 3.91. The molecule has 0 aliphatic carbocycles. The minimum absolute atomic E-state index is 0.154. The van der Waals surface area contributed by atoms with Crippen LogP contribution < -0.4 is 14.8 Å². The first-order chi connectivity index (χ1) is 8.62. The second-order valence-corrected chi connectivity index (χ2v) is 4.68. The van der Waals surface area contributed by atoms with Gasteiger partial charge in [-0.15, -0.1) is 0 Å². The van der Waals surface area contributed by atoms with Crippen LogP contribution in [0.1, 0.15) is 17.3 Å². The summed E-state index contributed by atoms with van der Waals surface area (Å²) < 4.78 is 10.3. The number of benzene rings is 1. The largest absolute Gasteiger partial charge is 0.497 e. The van der Waals surface area contributed by atoms with Crippen molar-refractivity contribution in [2.75, 3.05) is 26.1 Å². The number of ether oxygens (including phenoxy) is 2. The van der Waals surface area contributed by atoms with Gasteiger partial charge in [0, 0.05) is 11.9 Å². The molecule has 4 nitrogen and oxygen atoms in total. The average molecular weight is 316 g/mol. The zero-order valence-electron chi connectivity index (χ0n) is 10.8. The predicted octanol–water partition coefficient (Wildman–Crippen LogP) is 2.46. The normalized spacial score (nSPS) is 11.8. The summed E-state index contributed by atoms with van der Waals surface area (Å²) in [6.07, 6.45) is 0. The molecule has 18 heavy (non-hydrogen) atoms. The van der Waals surface area contributed by atoms with Crippen molar-refractivity contribution in [2.45, 2.75) is 6.92 Å². The number of alkyl halides is 1. The predicted molar refractivity (Wildman–Crippen MR) is 74.8 cm³/mol. The zero-order chi connectivity index (χ0) is 13.5. The molecule has 0 heterocycles. The average Bonchev–Trinajstić information content (AvgIpc) is 2.43. The van der Waals surface area contributed by atoms with E-state index in [2.05, 4.69) is 28.2 Å². The van der Waals surface area contributed by atoms with Crippen molar-refractivity contribution in [3.8, 4) is 11.5 Å². The summed E-state index contributed by atoms with van der Waals surface area (Å²) in [6, 6.07) is 5.16. The molecule has 1 unspecified atom stereocenters. The Bertz CT molecular complexity index is 409. The van der Waals surface area contributed by atoms with Gasteiger partial charge >= 0.3 is 0 Å². The van der Waals surface area contributed by atoms with Crippen molar-refractivity contribution in [1.82, 2.24) is 5.32 Å². The van der Waals surface area contributed by atoms with Gasteiger partial charge in [0.15, 0.2) is 0 Å². The van der Waals surface area contributed by atoms with E-state index in [1.807, 2.05) is 0 Å². The summed E-state index contributed by atoms with van der Waals surface area (Å²) in [5.41, 5.74) is 0.485. The van der Waals surface area contributed by atoms with Crippen molar-refractivity contribution in [3.05, 3.63) is 23.8 Å². The smallest absolute Gasteiger partial charge is 0.255 e. The Morgan fingerprint density at radius 1 is 1.39 bits per heavy atom. The number of hydrogen-bond donors (Lipinski definition) is 1. The maximum Gasteiger partial charge on any atom is 0.255 e. The van der Waals surface area contributed by atoms with E-state index in [0.29, 0.717) is 29.5 Å². The van der Waals surface area contributed by atoms with Crippen molar-refractivity contribution < 1.29 is 14.3 Å². The van der Waals surface area contributed by atoms with Crippen LogP contribution in [-0.4, -0.2) is 32.0 Å². The van der Waals surface area contributed by atoms with Crippen LogP contribution in [0.3, 0.4) is 0 Å².